The molecule has 0 saturated carbocycles. The van der Waals surface area contributed by atoms with Crippen molar-refractivity contribution in [2.45, 2.75) is 46.5 Å². The van der Waals surface area contributed by atoms with E-state index in [4.69, 9.17) is 11.6 Å². The van der Waals surface area contributed by atoms with Gasteiger partial charge in [-0.05, 0) is 40.3 Å². The Kier molecular flexibility index (Phi) is 4.45. The van der Waals surface area contributed by atoms with E-state index in [0.717, 1.165) is 28.0 Å². The second kappa shape index (κ2) is 5.64. The highest BCUT2D eigenvalue weighted by atomic mass is 79.9. The minimum Gasteiger partial charge on any atom is -0.311 e. The molecular weight excluding hydrogens is 338 g/mol. The van der Waals surface area contributed by atoms with Crippen molar-refractivity contribution >= 4 is 38.7 Å². The molecule has 2 aromatic rings. The molecule has 0 N–H and O–H groups in total. The fourth-order valence-electron chi connectivity index (χ4n) is 2.05. The van der Waals surface area contributed by atoms with Crippen molar-refractivity contribution in [2.24, 2.45) is 11.3 Å². The van der Waals surface area contributed by atoms with Gasteiger partial charge in [0.1, 0.15) is 11.3 Å². The molecule has 110 valence electrons. The highest BCUT2D eigenvalue weighted by molar-refractivity contribution is 9.10. The lowest BCUT2D eigenvalue weighted by atomic mass is 9.81. The van der Waals surface area contributed by atoms with Gasteiger partial charge in [0.15, 0.2) is 5.65 Å². The number of fused-ring (bicyclic) bond motifs is 1. The molecule has 0 aromatic carbocycles. The zero-order valence-corrected chi connectivity index (χ0v) is 15.0. The summed E-state index contributed by atoms with van der Waals surface area (Å²) in [4.78, 5) is 9.18. The maximum absolute atomic E-state index is 6.31. The van der Waals surface area contributed by atoms with Crippen LogP contribution in [0.1, 0.15) is 45.8 Å². The number of hydrogen-bond acceptors (Lipinski definition) is 2. The van der Waals surface area contributed by atoms with Crippen LogP contribution in [0.15, 0.2) is 16.7 Å². The topological polar surface area (TPSA) is 30.7 Å². The van der Waals surface area contributed by atoms with Gasteiger partial charge in [0.05, 0.1) is 5.38 Å². The molecule has 0 radical (unpaired) electrons. The van der Waals surface area contributed by atoms with Gasteiger partial charge in [-0.3, -0.25) is 0 Å². The van der Waals surface area contributed by atoms with Gasteiger partial charge in [0.2, 0.25) is 0 Å². The van der Waals surface area contributed by atoms with Crippen LogP contribution in [0.25, 0.3) is 11.2 Å². The molecule has 2 rings (SSSR count). The molecule has 0 bridgehead atoms. The largest absolute Gasteiger partial charge is 0.311 e. The lowest BCUT2D eigenvalue weighted by molar-refractivity contribution is 0.210. The second-order valence-corrected chi connectivity index (χ2v) is 7.88. The molecule has 2 aromatic heterocycles. The molecule has 0 aliphatic carbocycles. The summed E-state index contributed by atoms with van der Waals surface area (Å²) in [5.41, 5.74) is 1.95. The average Bonchev–Trinajstić information content (AvgIpc) is 2.66. The van der Waals surface area contributed by atoms with E-state index in [1.54, 1.807) is 0 Å². The molecular formula is C15H21BrClN3. The van der Waals surface area contributed by atoms with E-state index in [9.17, 15) is 0 Å². The molecule has 0 spiro atoms. The maximum atomic E-state index is 6.31. The van der Waals surface area contributed by atoms with E-state index in [1.807, 2.05) is 19.2 Å². The molecule has 2 heterocycles. The minimum absolute atomic E-state index is 0.133. The number of imidazole rings is 1. The number of hydrogen-bond donors (Lipinski definition) is 0. The summed E-state index contributed by atoms with van der Waals surface area (Å²) in [6, 6.07) is 1.99. The molecule has 20 heavy (non-hydrogen) atoms. The first kappa shape index (κ1) is 15.8. The maximum Gasteiger partial charge on any atom is 0.160 e. The summed E-state index contributed by atoms with van der Waals surface area (Å²) in [5, 5.41) is -0.133. The third kappa shape index (κ3) is 3.01. The standard InChI is InChI=1S/C15H21BrClN3/c1-9(2)15(4,5)8-20-13(10(3)17)19-12-6-11(16)7-18-14(12)20/h6-7,9-10H,8H2,1-5H3. The number of alkyl halides is 1. The average molecular weight is 359 g/mol. The van der Waals surface area contributed by atoms with Crippen molar-refractivity contribution < 1.29 is 0 Å². The van der Waals surface area contributed by atoms with Gasteiger partial charge in [-0.2, -0.15) is 0 Å². The summed E-state index contributed by atoms with van der Waals surface area (Å²) in [6.07, 6.45) is 1.81. The van der Waals surface area contributed by atoms with Gasteiger partial charge in [0, 0.05) is 17.2 Å². The first-order chi connectivity index (χ1) is 9.22. The van der Waals surface area contributed by atoms with Crippen LogP contribution in [0, 0.1) is 11.3 Å². The fraction of sp³-hybridized carbons (Fsp3) is 0.600. The van der Waals surface area contributed by atoms with E-state index in [2.05, 4.69) is 58.2 Å². The number of aromatic nitrogens is 3. The Morgan fingerprint density at radius 2 is 2.00 bits per heavy atom. The van der Waals surface area contributed by atoms with Crippen LogP contribution in [-0.2, 0) is 6.54 Å². The van der Waals surface area contributed by atoms with Crippen LogP contribution in [0.3, 0.4) is 0 Å². The van der Waals surface area contributed by atoms with Gasteiger partial charge in [0.25, 0.3) is 0 Å². The van der Waals surface area contributed by atoms with Crippen molar-refractivity contribution in [1.82, 2.24) is 14.5 Å². The third-order valence-electron chi connectivity index (χ3n) is 4.07. The van der Waals surface area contributed by atoms with Crippen molar-refractivity contribution in [3.63, 3.8) is 0 Å². The molecule has 0 aliphatic heterocycles. The Morgan fingerprint density at radius 3 is 2.55 bits per heavy atom. The summed E-state index contributed by atoms with van der Waals surface area (Å²) < 4.78 is 3.10. The summed E-state index contributed by atoms with van der Waals surface area (Å²) >= 11 is 9.75. The summed E-state index contributed by atoms with van der Waals surface area (Å²) in [5.74, 6) is 1.45. The Hall–Kier alpha value is -0.610. The summed E-state index contributed by atoms with van der Waals surface area (Å²) in [7, 11) is 0. The summed E-state index contributed by atoms with van der Waals surface area (Å²) in [6.45, 7) is 11.8. The van der Waals surface area contributed by atoms with Crippen molar-refractivity contribution in [3.8, 4) is 0 Å². The van der Waals surface area contributed by atoms with Crippen LogP contribution in [-0.4, -0.2) is 14.5 Å². The van der Waals surface area contributed by atoms with E-state index in [0.29, 0.717) is 5.92 Å². The van der Waals surface area contributed by atoms with Crippen molar-refractivity contribution in [3.05, 3.63) is 22.6 Å². The van der Waals surface area contributed by atoms with Gasteiger partial charge < -0.3 is 4.57 Å². The lowest BCUT2D eigenvalue weighted by Gasteiger charge is -2.30. The second-order valence-electron chi connectivity index (χ2n) is 6.31. The van der Waals surface area contributed by atoms with Crippen molar-refractivity contribution in [1.29, 1.82) is 0 Å². The number of pyridine rings is 1. The van der Waals surface area contributed by atoms with Gasteiger partial charge in [-0.15, -0.1) is 11.6 Å². The third-order valence-corrected chi connectivity index (χ3v) is 4.69. The molecule has 0 fully saturated rings. The van der Waals surface area contributed by atoms with E-state index >= 15 is 0 Å². The molecule has 5 heteroatoms. The Labute approximate surface area is 133 Å². The Morgan fingerprint density at radius 1 is 1.35 bits per heavy atom. The Bertz CT molecular complexity index is 617. The Balaban J connectivity index is 2.57. The van der Waals surface area contributed by atoms with Gasteiger partial charge in [-0.1, -0.05) is 27.7 Å². The number of nitrogens with zero attached hydrogens (tertiary/aromatic N) is 3. The van der Waals surface area contributed by atoms with E-state index < -0.39 is 0 Å². The first-order valence-corrected chi connectivity index (χ1v) is 8.11. The molecule has 1 unspecified atom stereocenters. The number of rotatable bonds is 4. The normalized spacial score (nSPS) is 14.2. The molecule has 0 aliphatic rings. The van der Waals surface area contributed by atoms with E-state index in [-0.39, 0.29) is 10.8 Å². The van der Waals surface area contributed by atoms with Gasteiger partial charge >= 0.3 is 0 Å². The zero-order chi connectivity index (χ0) is 15.1. The molecule has 3 nitrogen and oxygen atoms in total. The van der Waals surface area contributed by atoms with Crippen LogP contribution >= 0.6 is 27.5 Å². The zero-order valence-electron chi connectivity index (χ0n) is 12.6. The van der Waals surface area contributed by atoms with Crippen LogP contribution in [0.5, 0.6) is 0 Å². The monoisotopic (exact) mass is 357 g/mol. The van der Waals surface area contributed by atoms with Crippen LogP contribution in [0.2, 0.25) is 0 Å². The highest BCUT2D eigenvalue weighted by Gasteiger charge is 2.26. The SMILES string of the molecule is CC(Cl)c1nc2cc(Br)cnc2n1CC(C)(C)C(C)C. The quantitative estimate of drug-likeness (QED) is 0.705. The van der Waals surface area contributed by atoms with E-state index in [1.165, 1.54) is 0 Å². The predicted molar refractivity (Wildman–Crippen MR) is 88.1 cm³/mol. The number of halogens is 2. The minimum atomic E-state index is -0.133. The molecule has 1 atom stereocenters. The lowest BCUT2D eigenvalue weighted by Crippen LogP contribution is -2.26. The van der Waals surface area contributed by atoms with Crippen molar-refractivity contribution in [2.75, 3.05) is 0 Å². The molecule has 0 saturated heterocycles. The predicted octanol–water partition coefficient (Wildman–Crippen LogP) is 5.18. The molecule has 0 amide bonds. The smallest absolute Gasteiger partial charge is 0.160 e. The fourth-order valence-corrected chi connectivity index (χ4v) is 2.54. The van der Waals surface area contributed by atoms with Crippen LogP contribution < -0.4 is 0 Å². The highest BCUT2D eigenvalue weighted by Crippen LogP contribution is 2.32. The van der Waals surface area contributed by atoms with Crippen LogP contribution in [0.4, 0.5) is 0 Å². The van der Waals surface area contributed by atoms with Gasteiger partial charge in [-0.25, -0.2) is 9.97 Å². The first-order valence-electron chi connectivity index (χ1n) is 6.88.